The minimum Gasteiger partial charge on any atom is -0.474 e. The van der Waals surface area contributed by atoms with Crippen molar-refractivity contribution in [3.63, 3.8) is 0 Å². The molecule has 164 valence electrons. The highest BCUT2D eigenvalue weighted by atomic mass is 31.2. The molecule has 0 aliphatic rings. The lowest BCUT2D eigenvalue weighted by Gasteiger charge is -2.34. The molecule has 3 aromatic carbocycles. The first kappa shape index (κ1) is 22.8. The summed E-state index contributed by atoms with van der Waals surface area (Å²) in [6, 6.07) is 35.6. The smallest absolute Gasteiger partial charge is 0.131 e. The van der Waals surface area contributed by atoms with E-state index in [-0.39, 0.29) is 5.04 Å². The van der Waals surface area contributed by atoms with Gasteiger partial charge in [-0.05, 0) is 47.5 Å². The maximum atomic E-state index is 6.29. The van der Waals surface area contributed by atoms with E-state index in [1.54, 1.807) is 0 Å². The SMILES string of the molecule is CC(C)(C)[Si](C)(C)c1cc(C[P+](c2ccccc2)(c2ccccc2)c2ccccc2)co1. The fourth-order valence-corrected chi connectivity index (χ4v) is 10.0. The van der Waals surface area contributed by atoms with Crippen LogP contribution in [-0.4, -0.2) is 8.07 Å². The van der Waals surface area contributed by atoms with E-state index < -0.39 is 15.3 Å². The molecule has 0 saturated heterocycles. The van der Waals surface area contributed by atoms with Crippen molar-refractivity contribution < 1.29 is 4.42 Å². The largest absolute Gasteiger partial charge is 0.474 e. The van der Waals surface area contributed by atoms with Crippen LogP contribution in [0, 0.1) is 0 Å². The van der Waals surface area contributed by atoms with Gasteiger partial charge in [-0.1, -0.05) is 88.5 Å². The second kappa shape index (κ2) is 8.85. The second-order valence-corrected chi connectivity index (χ2v) is 18.9. The third kappa shape index (κ3) is 4.15. The first-order chi connectivity index (χ1) is 15.2. The highest BCUT2D eigenvalue weighted by Crippen LogP contribution is 2.58. The van der Waals surface area contributed by atoms with Crippen molar-refractivity contribution >= 4 is 36.6 Å². The molecule has 4 aromatic rings. The van der Waals surface area contributed by atoms with Crippen LogP contribution in [-0.2, 0) is 6.16 Å². The van der Waals surface area contributed by atoms with Crippen LogP contribution in [0.25, 0.3) is 0 Å². The summed E-state index contributed by atoms with van der Waals surface area (Å²) < 4.78 is 6.29. The standard InChI is InChI=1S/C29H34OPSi/c1-29(2,3)32(4,5)28-21-24(22-30-28)23-31(25-15-9-6-10-16-25,26-17-11-7-12-18-26)27-19-13-8-14-20-27/h6-22H,23H2,1-5H3/q+1. The molecule has 32 heavy (non-hydrogen) atoms. The molecule has 0 aliphatic heterocycles. The van der Waals surface area contributed by atoms with Gasteiger partial charge < -0.3 is 4.42 Å². The fraction of sp³-hybridized carbons (Fsp3) is 0.241. The van der Waals surface area contributed by atoms with Crippen molar-refractivity contribution in [2.45, 2.75) is 45.1 Å². The van der Waals surface area contributed by atoms with E-state index in [2.05, 4.69) is 131 Å². The molecule has 1 nitrogen and oxygen atoms in total. The van der Waals surface area contributed by atoms with Gasteiger partial charge in [0.15, 0.2) is 0 Å². The molecule has 1 aromatic heterocycles. The zero-order valence-electron chi connectivity index (χ0n) is 19.9. The summed E-state index contributed by atoms with van der Waals surface area (Å²) in [7, 11) is -3.63. The van der Waals surface area contributed by atoms with Gasteiger partial charge in [0.1, 0.15) is 37.4 Å². The molecule has 0 bridgehead atoms. The van der Waals surface area contributed by atoms with E-state index in [1.165, 1.54) is 26.9 Å². The third-order valence-corrected chi connectivity index (χ3v) is 16.8. The van der Waals surface area contributed by atoms with Gasteiger partial charge in [-0.15, -0.1) is 0 Å². The van der Waals surface area contributed by atoms with E-state index in [4.69, 9.17) is 4.42 Å². The molecule has 0 radical (unpaired) electrons. The molecular formula is C29H34OPSi+. The van der Waals surface area contributed by atoms with Gasteiger partial charge in [-0.25, -0.2) is 0 Å². The molecule has 0 spiro atoms. The Kier molecular flexibility index (Phi) is 6.30. The normalized spacial score (nSPS) is 12.7. The summed E-state index contributed by atoms with van der Waals surface area (Å²) >= 11 is 0. The summed E-state index contributed by atoms with van der Waals surface area (Å²) in [6.07, 6.45) is 2.99. The molecule has 0 N–H and O–H groups in total. The van der Waals surface area contributed by atoms with Gasteiger partial charge in [-0.2, -0.15) is 0 Å². The summed E-state index contributed by atoms with van der Waals surface area (Å²) in [6.45, 7) is 11.9. The lowest BCUT2D eigenvalue weighted by atomic mass is 10.2. The van der Waals surface area contributed by atoms with Gasteiger partial charge in [-0.3, -0.25) is 0 Å². The maximum Gasteiger partial charge on any atom is 0.131 e. The van der Waals surface area contributed by atoms with Crippen molar-refractivity contribution in [1.82, 2.24) is 0 Å². The average Bonchev–Trinajstić information content (AvgIpc) is 3.28. The quantitative estimate of drug-likeness (QED) is 0.238. The van der Waals surface area contributed by atoms with Crippen LogP contribution >= 0.6 is 7.26 Å². The van der Waals surface area contributed by atoms with Gasteiger partial charge in [0.25, 0.3) is 0 Å². The molecule has 3 heteroatoms. The fourth-order valence-electron chi connectivity index (χ4n) is 4.20. The molecule has 0 fully saturated rings. The van der Waals surface area contributed by atoms with E-state index >= 15 is 0 Å². The average molecular weight is 458 g/mol. The van der Waals surface area contributed by atoms with Crippen molar-refractivity contribution in [2.24, 2.45) is 0 Å². The van der Waals surface area contributed by atoms with Crippen LogP contribution in [0.4, 0.5) is 0 Å². The molecule has 1 heterocycles. The summed E-state index contributed by atoms with van der Waals surface area (Å²) in [5.41, 5.74) is 1.30. The highest BCUT2D eigenvalue weighted by Gasteiger charge is 2.46. The van der Waals surface area contributed by atoms with E-state index in [9.17, 15) is 0 Å². The molecule has 0 atom stereocenters. The predicted molar refractivity (Wildman–Crippen MR) is 144 cm³/mol. The first-order valence-electron chi connectivity index (χ1n) is 11.4. The molecule has 0 amide bonds. The van der Waals surface area contributed by atoms with Crippen molar-refractivity contribution in [3.05, 3.63) is 109 Å². The Balaban J connectivity index is 1.90. The molecular weight excluding hydrogens is 423 g/mol. The Labute approximate surface area is 194 Å². The Hall–Kier alpha value is -2.41. The van der Waals surface area contributed by atoms with Crippen molar-refractivity contribution in [2.75, 3.05) is 0 Å². The van der Waals surface area contributed by atoms with E-state index in [0.29, 0.717) is 0 Å². The Morgan fingerprint density at radius 2 is 1.09 bits per heavy atom. The van der Waals surface area contributed by atoms with Crippen LogP contribution in [0.1, 0.15) is 26.3 Å². The molecule has 0 aliphatic carbocycles. The number of benzene rings is 3. The van der Waals surface area contributed by atoms with E-state index in [1.807, 2.05) is 6.26 Å². The highest BCUT2D eigenvalue weighted by molar-refractivity contribution is 7.95. The van der Waals surface area contributed by atoms with Crippen LogP contribution in [0.15, 0.2) is 108 Å². The van der Waals surface area contributed by atoms with Crippen LogP contribution < -0.4 is 21.3 Å². The van der Waals surface area contributed by atoms with Gasteiger partial charge >= 0.3 is 0 Å². The van der Waals surface area contributed by atoms with Gasteiger partial charge in [0, 0.05) is 5.56 Å². The van der Waals surface area contributed by atoms with Crippen LogP contribution in [0.5, 0.6) is 0 Å². The second-order valence-electron chi connectivity index (χ2n) is 10.2. The Morgan fingerprint density at radius 1 is 0.688 bits per heavy atom. The van der Waals surface area contributed by atoms with Crippen LogP contribution in [0.2, 0.25) is 18.1 Å². The zero-order valence-corrected chi connectivity index (χ0v) is 21.8. The summed E-state index contributed by atoms with van der Waals surface area (Å²) in [4.78, 5) is 0. The monoisotopic (exact) mass is 457 g/mol. The number of furan rings is 1. The summed E-state index contributed by atoms with van der Waals surface area (Å²) in [5.74, 6) is 0. The molecule has 0 saturated carbocycles. The predicted octanol–water partition coefficient (Wildman–Crippen LogP) is 6.49. The maximum absolute atomic E-state index is 6.29. The number of hydrogen-bond acceptors (Lipinski definition) is 1. The summed E-state index contributed by atoms with van der Waals surface area (Å²) in [5, 5.41) is 5.67. The Bertz CT molecular complexity index is 1050. The van der Waals surface area contributed by atoms with Gasteiger partial charge in [0.05, 0.1) is 11.6 Å². The molecule has 0 unspecified atom stereocenters. The van der Waals surface area contributed by atoms with E-state index in [0.717, 1.165) is 6.16 Å². The topological polar surface area (TPSA) is 13.1 Å². The Morgan fingerprint density at radius 3 is 1.47 bits per heavy atom. The van der Waals surface area contributed by atoms with Gasteiger partial charge in [0.2, 0.25) is 0 Å². The lowest BCUT2D eigenvalue weighted by Crippen LogP contribution is -2.48. The zero-order chi connectivity index (χ0) is 22.8. The van der Waals surface area contributed by atoms with Crippen molar-refractivity contribution in [1.29, 1.82) is 0 Å². The number of rotatable bonds is 6. The number of hydrogen-bond donors (Lipinski definition) is 0. The minimum atomic E-state index is -1.90. The lowest BCUT2D eigenvalue weighted by molar-refractivity contribution is 0.585. The van der Waals surface area contributed by atoms with Crippen LogP contribution in [0.3, 0.4) is 0 Å². The third-order valence-electron chi connectivity index (χ3n) is 7.16. The molecule has 4 rings (SSSR count). The first-order valence-corrected chi connectivity index (χ1v) is 16.4. The minimum absolute atomic E-state index is 0.243. The van der Waals surface area contributed by atoms with Crippen molar-refractivity contribution in [3.8, 4) is 0 Å².